The summed E-state index contributed by atoms with van der Waals surface area (Å²) in [5.74, 6) is 0. The summed E-state index contributed by atoms with van der Waals surface area (Å²) in [6, 6.07) is 6.72. The van der Waals surface area contributed by atoms with Gasteiger partial charge >= 0.3 is 0 Å². The van der Waals surface area contributed by atoms with Gasteiger partial charge in [-0.2, -0.15) is 0 Å². The summed E-state index contributed by atoms with van der Waals surface area (Å²) in [4.78, 5) is 12.5. The number of rotatable bonds is 4. The van der Waals surface area contributed by atoms with Crippen molar-refractivity contribution in [3.63, 3.8) is 0 Å². The second-order valence-electron chi connectivity index (χ2n) is 4.25. The Hall–Kier alpha value is -1.50. The van der Waals surface area contributed by atoms with Gasteiger partial charge in [0.05, 0.1) is 18.1 Å². The van der Waals surface area contributed by atoms with Gasteiger partial charge in [-0.15, -0.1) is 0 Å². The maximum absolute atomic E-state index is 10.6. The molecule has 2 rings (SSSR count). The van der Waals surface area contributed by atoms with Crippen LogP contribution < -0.4 is 5.73 Å². The van der Waals surface area contributed by atoms with Crippen molar-refractivity contribution in [3.8, 4) is 0 Å². The molecule has 98 valence electrons. The van der Waals surface area contributed by atoms with Gasteiger partial charge in [0.2, 0.25) is 0 Å². The maximum atomic E-state index is 10.6. The van der Waals surface area contributed by atoms with Crippen LogP contribution in [0.25, 0.3) is 0 Å². The van der Waals surface area contributed by atoms with Crippen LogP contribution >= 0.6 is 0 Å². The molecule has 1 aliphatic heterocycles. The van der Waals surface area contributed by atoms with Crippen molar-refractivity contribution in [2.75, 3.05) is 32.8 Å². The van der Waals surface area contributed by atoms with Gasteiger partial charge in [-0.3, -0.25) is 15.0 Å². The summed E-state index contributed by atoms with van der Waals surface area (Å²) in [5.41, 5.74) is 6.94. The molecule has 1 saturated heterocycles. The van der Waals surface area contributed by atoms with Crippen LogP contribution in [0.5, 0.6) is 0 Å². The first-order valence-corrected chi connectivity index (χ1v) is 5.98. The summed E-state index contributed by atoms with van der Waals surface area (Å²) in [7, 11) is 0. The monoisotopic (exact) mass is 251 g/mol. The SMILES string of the molecule is NCC(c1ccc([N+](=O)[O-])cc1)N1CCOCC1. The molecule has 1 heterocycles. The van der Waals surface area contributed by atoms with Gasteiger partial charge in [-0.25, -0.2) is 0 Å². The fraction of sp³-hybridized carbons (Fsp3) is 0.500. The van der Waals surface area contributed by atoms with E-state index < -0.39 is 4.92 Å². The topological polar surface area (TPSA) is 81.6 Å². The molecule has 6 nitrogen and oxygen atoms in total. The van der Waals surface area contributed by atoms with Gasteiger partial charge in [-0.1, -0.05) is 12.1 Å². The molecular weight excluding hydrogens is 234 g/mol. The quantitative estimate of drug-likeness (QED) is 0.636. The summed E-state index contributed by atoms with van der Waals surface area (Å²) in [5, 5.41) is 10.6. The third-order valence-corrected chi connectivity index (χ3v) is 3.20. The Morgan fingerprint density at radius 3 is 2.44 bits per heavy atom. The number of non-ortho nitro benzene ring substituents is 1. The summed E-state index contributed by atoms with van der Waals surface area (Å²) < 4.78 is 5.31. The largest absolute Gasteiger partial charge is 0.379 e. The highest BCUT2D eigenvalue weighted by atomic mass is 16.6. The lowest BCUT2D eigenvalue weighted by Gasteiger charge is -2.34. The predicted octanol–water partition coefficient (Wildman–Crippen LogP) is 0.927. The number of nitrogens with zero attached hydrogens (tertiary/aromatic N) is 2. The highest BCUT2D eigenvalue weighted by Gasteiger charge is 2.21. The Morgan fingerprint density at radius 1 is 1.33 bits per heavy atom. The van der Waals surface area contributed by atoms with Crippen LogP contribution in [-0.2, 0) is 4.74 Å². The number of hydrogen-bond acceptors (Lipinski definition) is 5. The normalized spacial score (nSPS) is 18.5. The lowest BCUT2D eigenvalue weighted by atomic mass is 10.0. The fourth-order valence-corrected chi connectivity index (χ4v) is 2.20. The van der Waals surface area contributed by atoms with Crippen molar-refractivity contribution >= 4 is 5.69 Å². The van der Waals surface area contributed by atoms with Crippen LogP contribution in [0.15, 0.2) is 24.3 Å². The minimum atomic E-state index is -0.393. The Morgan fingerprint density at radius 2 is 1.94 bits per heavy atom. The molecule has 18 heavy (non-hydrogen) atoms. The first kappa shape index (κ1) is 12.9. The molecule has 0 saturated carbocycles. The Bertz CT molecular complexity index is 402. The lowest BCUT2D eigenvalue weighted by Crippen LogP contribution is -2.41. The van der Waals surface area contributed by atoms with E-state index >= 15 is 0 Å². The van der Waals surface area contributed by atoms with Gasteiger partial charge in [0.25, 0.3) is 5.69 Å². The van der Waals surface area contributed by atoms with Crippen LogP contribution in [0.1, 0.15) is 11.6 Å². The van der Waals surface area contributed by atoms with Crippen molar-refractivity contribution in [3.05, 3.63) is 39.9 Å². The summed E-state index contributed by atoms with van der Waals surface area (Å²) >= 11 is 0. The van der Waals surface area contributed by atoms with E-state index in [-0.39, 0.29) is 11.7 Å². The lowest BCUT2D eigenvalue weighted by molar-refractivity contribution is -0.384. The van der Waals surface area contributed by atoms with Gasteiger partial charge < -0.3 is 10.5 Å². The molecule has 0 aliphatic carbocycles. The highest BCUT2D eigenvalue weighted by Crippen LogP contribution is 2.23. The zero-order valence-electron chi connectivity index (χ0n) is 10.1. The van der Waals surface area contributed by atoms with Gasteiger partial charge in [0, 0.05) is 37.8 Å². The van der Waals surface area contributed by atoms with Gasteiger partial charge in [0.15, 0.2) is 0 Å². The molecule has 1 atom stereocenters. The minimum Gasteiger partial charge on any atom is -0.379 e. The Labute approximate surface area is 105 Å². The van der Waals surface area contributed by atoms with E-state index in [0.29, 0.717) is 19.8 Å². The Kier molecular flexibility index (Phi) is 4.24. The first-order valence-electron chi connectivity index (χ1n) is 5.98. The third-order valence-electron chi connectivity index (χ3n) is 3.20. The second-order valence-corrected chi connectivity index (χ2v) is 4.25. The van der Waals surface area contributed by atoms with E-state index in [1.54, 1.807) is 12.1 Å². The number of hydrogen-bond donors (Lipinski definition) is 1. The van der Waals surface area contributed by atoms with Crippen molar-refractivity contribution in [2.45, 2.75) is 6.04 Å². The molecular formula is C12H17N3O3. The van der Waals surface area contributed by atoms with Crippen LogP contribution in [0, 0.1) is 10.1 Å². The van der Waals surface area contributed by atoms with E-state index in [0.717, 1.165) is 18.7 Å². The van der Waals surface area contributed by atoms with E-state index in [9.17, 15) is 10.1 Å². The molecule has 1 aromatic rings. The van der Waals surface area contributed by atoms with Crippen molar-refractivity contribution in [2.24, 2.45) is 5.73 Å². The summed E-state index contributed by atoms with van der Waals surface area (Å²) in [6.07, 6.45) is 0. The number of nitro benzene ring substituents is 1. The van der Waals surface area contributed by atoms with Crippen molar-refractivity contribution < 1.29 is 9.66 Å². The average molecular weight is 251 g/mol. The fourth-order valence-electron chi connectivity index (χ4n) is 2.20. The minimum absolute atomic E-state index is 0.106. The highest BCUT2D eigenvalue weighted by molar-refractivity contribution is 5.34. The van der Waals surface area contributed by atoms with E-state index in [4.69, 9.17) is 10.5 Å². The van der Waals surface area contributed by atoms with E-state index in [1.165, 1.54) is 12.1 Å². The third kappa shape index (κ3) is 2.84. The van der Waals surface area contributed by atoms with E-state index in [1.807, 2.05) is 0 Å². The van der Waals surface area contributed by atoms with Crippen LogP contribution in [-0.4, -0.2) is 42.7 Å². The molecule has 0 spiro atoms. The zero-order chi connectivity index (χ0) is 13.0. The molecule has 0 amide bonds. The Balaban J connectivity index is 2.13. The molecule has 0 aromatic heterocycles. The van der Waals surface area contributed by atoms with Crippen molar-refractivity contribution in [1.29, 1.82) is 0 Å². The zero-order valence-corrected chi connectivity index (χ0v) is 10.1. The molecule has 2 N–H and O–H groups in total. The number of benzene rings is 1. The first-order chi connectivity index (χ1) is 8.72. The van der Waals surface area contributed by atoms with Crippen LogP contribution in [0.2, 0.25) is 0 Å². The van der Waals surface area contributed by atoms with Gasteiger partial charge in [-0.05, 0) is 5.56 Å². The van der Waals surface area contributed by atoms with E-state index in [2.05, 4.69) is 4.90 Å². The molecule has 1 fully saturated rings. The molecule has 1 aliphatic rings. The number of nitrogens with two attached hydrogens (primary N) is 1. The molecule has 0 radical (unpaired) electrons. The second kappa shape index (κ2) is 5.90. The van der Waals surface area contributed by atoms with Crippen molar-refractivity contribution in [1.82, 2.24) is 4.90 Å². The maximum Gasteiger partial charge on any atom is 0.269 e. The molecule has 1 aromatic carbocycles. The smallest absolute Gasteiger partial charge is 0.269 e. The van der Waals surface area contributed by atoms with Crippen LogP contribution in [0.3, 0.4) is 0 Å². The predicted molar refractivity (Wildman–Crippen MR) is 67.3 cm³/mol. The average Bonchev–Trinajstić information content (AvgIpc) is 2.41. The summed E-state index contributed by atoms with van der Waals surface area (Å²) in [6.45, 7) is 3.61. The van der Waals surface area contributed by atoms with Crippen LogP contribution in [0.4, 0.5) is 5.69 Å². The molecule has 6 heteroatoms. The standard InChI is InChI=1S/C12H17N3O3/c13-9-12(14-5-7-18-8-6-14)10-1-3-11(4-2-10)15(16)17/h1-4,12H,5-9,13H2. The molecule has 1 unspecified atom stereocenters. The van der Waals surface area contributed by atoms with Gasteiger partial charge in [0.1, 0.15) is 0 Å². The number of ether oxygens (including phenoxy) is 1. The molecule has 0 bridgehead atoms. The number of morpholine rings is 1. The number of nitro groups is 1.